The third-order valence-electron chi connectivity index (χ3n) is 7.25. The molecule has 2 aliphatic heterocycles. The number of rotatable bonds is 11. The molecule has 1 atom stereocenters. The van der Waals surface area contributed by atoms with E-state index in [1.165, 1.54) is 4.90 Å². The number of aryl methyl sites for hydroxylation is 1. The third kappa shape index (κ3) is 6.22. The highest BCUT2D eigenvalue weighted by Gasteiger charge is 2.39. The fraction of sp³-hybridized carbons (Fsp3) is 0.367. The Balaban J connectivity index is 0.994. The van der Waals surface area contributed by atoms with E-state index in [4.69, 9.17) is 4.74 Å². The summed E-state index contributed by atoms with van der Waals surface area (Å²) in [6.45, 7) is 1.49. The molecule has 2 aliphatic rings. The van der Waals surface area contributed by atoms with E-state index in [-0.39, 0.29) is 24.1 Å². The predicted octanol–water partition coefficient (Wildman–Crippen LogP) is 3.22. The molecule has 208 valence electrons. The molecule has 10 heteroatoms. The summed E-state index contributed by atoms with van der Waals surface area (Å²) in [5.41, 5.74) is 3.76. The van der Waals surface area contributed by atoms with Crippen LogP contribution >= 0.6 is 0 Å². The Bertz CT molecular complexity index is 1430. The average molecular weight is 544 g/mol. The van der Waals surface area contributed by atoms with E-state index < -0.39 is 11.9 Å². The number of amides is 4. The molecule has 1 unspecified atom stereocenters. The largest absolute Gasteiger partial charge is 0.494 e. The van der Waals surface area contributed by atoms with Gasteiger partial charge in [0.05, 0.1) is 12.3 Å². The fourth-order valence-electron chi connectivity index (χ4n) is 5.10. The molecule has 0 spiro atoms. The SMILES string of the molecule is Cn1ccc(-c2cccc(C(=O)NCCCCCCOc3ccc4c(c3)CN(C3CCC(=O)NC3=O)C4=O)c2)n1. The summed E-state index contributed by atoms with van der Waals surface area (Å²) < 4.78 is 7.64. The van der Waals surface area contributed by atoms with Crippen LogP contribution in [0.3, 0.4) is 0 Å². The number of imide groups is 1. The molecule has 0 saturated carbocycles. The smallest absolute Gasteiger partial charge is 0.255 e. The molecule has 5 rings (SSSR count). The van der Waals surface area contributed by atoms with Gasteiger partial charge in [0.2, 0.25) is 11.8 Å². The van der Waals surface area contributed by atoms with Gasteiger partial charge >= 0.3 is 0 Å². The van der Waals surface area contributed by atoms with Crippen molar-refractivity contribution >= 4 is 23.6 Å². The number of nitrogens with zero attached hydrogens (tertiary/aromatic N) is 3. The first-order valence-electron chi connectivity index (χ1n) is 13.7. The van der Waals surface area contributed by atoms with Gasteiger partial charge in [0.15, 0.2) is 0 Å². The lowest BCUT2D eigenvalue weighted by atomic mass is 10.0. The van der Waals surface area contributed by atoms with Crippen LogP contribution in [0.2, 0.25) is 0 Å². The number of hydrogen-bond donors (Lipinski definition) is 2. The van der Waals surface area contributed by atoms with Gasteiger partial charge in [-0.15, -0.1) is 0 Å². The van der Waals surface area contributed by atoms with Crippen LogP contribution in [-0.2, 0) is 23.2 Å². The molecule has 2 aromatic carbocycles. The Hall–Kier alpha value is -4.47. The van der Waals surface area contributed by atoms with E-state index in [0.29, 0.717) is 43.0 Å². The number of carbonyl (C=O) groups is 4. The molecule has 2 N–H and O–H groups in total. The number of piperidine rings is 1. The Kier molecular flexibility index (Phi) is 8.23. The van der Waals surface area contributed by atoms with Crippen LogP contribution in [0.1, 0.15) is 64.8 Å². The van der Waals surface area contributed by atoms with Gasteiger partial charge in [0.25, 0.3) is 11.8 Å². The summed E-state index contributed by atoms with van der Waals surface area (Å²) in [6.07, 6.45) is 6.14. The summed E-state index contributed by atoms with van der Waals surface area (Å²) in [5, 5.41) is 9.70. The lowest BCUT2D eigenvalue weighted by Gasteiger charge is -2.29. The maximum Gasteiger partial charge on any atom is 0.255 e. The minimum atomic E-state index is -0.622. The van der Waals surface area contributed by atoms with Crippen LogP contribution in [0.5, 0.6) is 5.75 Å². The van der Waals surface area contributed by atoms with Gasteiger partial charge in [-0.3, -0.25) is 29.2 Å². The monoisotopic (exact) mass is 543 g/mol. The number of benzene rings is 2. The van der Waals surface area contributed by atoms with Crippen molar-refractivity contribution in [3.63, 3.8) is 0 Å². The predicted molar refractivity (Wildman–Crippen MR) is 147 cm³/mol. The molecule has 3 heterocycles. The van der Waals surface area contributed by atoms with Crippen molar-refractivity contribution in [2.45, 2.75) is 51.1 Å². The summed E-state index contributed by atoms with van der Waals surface area (Å²) in [7, 11) is 1.86. The molecule has 3 aromatic rings. The molecule has 0 radical (unpaired) electrons. The van der Waals surface area contributed by atoms with Crippen molar-refractivity contribution in [3.8, 4) is 17.0 Å². The van der Waals surface area contributed by atoms with E-state index in [2.05, 4.69) is 15.7 Å². The zero-order valence-corrected chi connectivity index (χ0v) is 22.5. The van der Waals surface area contributed by atoms with Gasteiger partial charge in [0, 0.05) is 49.4 Å². The molecule has 10 nitrogen and oxygen atoms in total. The van der Waals surface area contributed by atoms with Crippen LogP contribution in [0.4, 0.5) is 0 Å². The average Bonchev–Trinajstić information content (AvgIpc) is 3.53. The van der Waals surface area contributed by atoms with Crippen LogP contribution in [0.15, 0.2) is 54.7 Å². The zero-order valence-electron chi connectivity index (χ0n) is 22.5. The summed E-state index contributed by atoms with van der Waals surface area (Å²) in [4.78, 5) is 50.5. The van der Waals surface area contributed by atoms with Crippen molar-refractivity contribution in [1.82, 2.24) is 25.3 Å². The minimum Gasteiger partial charge on any atom is -0.494 e. The van der Waals surface area contributed by atoms with E-state index >= 15 is 0 Å². The number of ether oxygens (including phenoxy) is 1. The van der Waals surface area contributed by atoms with Crippen molar-refractivity contribution in [3.05, 3.63) is 71.4 Å². The maximum absolute atomic E-state index is 12.8. The van der Waals surface area contributed by atoms with Crippen molar-refractivity contribution in [2.75, 3.05) is 13.2 Å². The summed E-state index contributed by atoms with van der Waals surface area (Å²) in [5.74, 6) is -0.301. The molecule has 0 aliphatic carbocycles. The minimum absolute atomic E-state index is 0.0904. The maximum atomic E-state index is 12.8. The second-order valence-electron chi connectivity index (χ2n) is 10.2. The van der Waals surface area contributed by atoms with Gasteiger partial charge in [0.1, 0.15) is 11.8 Å². The van der Waals surface area contributed by atoms with Gasteiger partial charge in [-0.2, -0.15) is 5.10 Å². The topological polar surface area (TPSA) is 123 Å². The molecule has 0 bridgehead atoms. The van der Waals surface area contributed by atoms with Crippen molar-refractivity contribution in [2.24, 2.45) is 7.05 Å². The Labute approximate surface area is 232 Å². The van der Waals surface area contributed by atoms with Gasteiger partial charge in [-0.05, 0) is 61.2 Å². The highest BCUT2D eigenvalue weighted by molar-refractivity contribution is 6.05. The summed E-state index contributed by atoms with van der Waals surface area (Å²) >= 11 is 0. The molecule has 1 saturated heterocycles. The molecule has 1 fully saturated rings. The standard InChI is InChI=1S/C30H33N5O5/c1-34-15-13-25(33-34)20-7-6-8-21(17-20)28(37)31-14-4-2-3-5-16-40-23-9-10-24-22(18-23)19-35(30(24)39)26-11-12-27(36)32-29(26)38/h6-10,13,15,17-18,26H,2-5,11-12,14,16,19H2,1H3,(H,31,37)(H,32,36,38). The molecule has 40 heavy (non-hydrogen) atoms. The lowest BCUT2D eigenvalue weighted by molar-refractivity contribution is -0.136. The molecule has 4 amide bonds. The first-order valence-corrected chi connectivity index (χ1v) is 13.7. The number of nitrogens with one attached hydrogen (secondary N) is 2. The second kappa shape index (κ2) is 12.1. The first kappa shape index (κ1) is 27.1. The Morgan fingerprint density at radius 1 is 1.07 bits per heavy atom. The van der Waals surface area contributed by atoms with E-state index in [1.54, 1.807) is 22.9 Å². The first-order chi connectivity index (χ1) is 19.4. The van der Waals surface area contributed by atoms with Gasteiger partial charge in [-0.25, -0.2) is 0 Å². The highest BCUT2D eigenvalue weighted by Crippen LogP contribution is 2.30. The van der Waals surface area contributed by atoms with E-state index in [9.17, 15) is 19.2 Å². The lowest BCUT2D eigenvalue weighted by Crippen LogP contribution is -2.52. The number of carbonyl (C=O) groups excluding carboxylic acids is 4. The normalized spacial score (nSPS) is 16.6. The quantitative estimate of drug-likeness (QED) is 0.283. The molecule has 1 aromatic heterocycles. The van der Waals surface area contributed by atoms with Gasteiger partial charge in [-0.1, -0.05) is 25.0 Å². The molecular weight excluding hydrogens is 510 g/mol. The van der Waals surface area contributed by atoms with Crippen molar-refractivity contribution in [1.29, 1.82) is 0 Å². The van der Waals surface area contributed by atoms with E-state index in [0.717, 1.165) is 42.5 Å². The Morgan fingerprint density at radius 2 is 1.93 bits per heavy atom. The number of fused-ring (bicyclic) bond motifs is 1. The van der Waals surface area contributed by atoms with Crippen LogP contribution in [-0.4, -0.2) is 57.5 Å². The fourth-order valence-corrected chi connectivity index (χ4v) is 5.10. The number of unbranched alkanes of at least 4 members (excludes halogenated alkanes) is 3. The number of hydrogen-bond acceptors (Lipinski definition) is 6. The summed E-state index contributed by atoms with van der Waals surface area (Å²) in [6, 6.07) is 14.2. The highest BCUT2D eigenvalue weighted by atomic mass is 16.5. The van der Waals surface area contributed by atoms with E-state index in [1.807, 2.05) is 43.6 Å². The zero-order chi connectivity index (χ0) is 28.1. The van der Waals surface area contributed by atoms with Crippen molar-refractivity contribution < 1.29 is 23.9 Å². The third-order valence-corrected chi connectivity index (χ3v) is 7.25. The van der Waals surface area contributed by atoms with Crippen LogP contribution in [0, 0.1) is 0 Å². The van der Waals surface area contributed by atoms with Crippen LogP contribution in [0.25, 0.3) is 11.3 Å². The molecular formula is C30H33N5O5. The van der Waals surface area contributed by atoms with Gasteiger partial charge < -0.3 is 15.0 Å². The second-order valence-corrected chi connectivity index (χ2v) is 10.2. The number of aromatic nitrogens is 2. The Morgan fingerprint density at radius 3 is 2.73 bits per heavy atom. The van der Waals surface area contributed by atoms with Crippen LogP contribution < -0.4 is 15.4 Å².